The topological polar surface area (TPSA) is 72.7 Å². The molecule has 2 heterocycles. The maximum atomic E-state index is 12.9. The molecule has 0 aliphatic rings. The minimum absolute atomic E-state index is 0.287. The Morgan fingerprint density at radius 2 is 1.96 bits per heavy atom. The second-order valence-corrected chi connectivity index (χ2v) is 7.17. The zero-order valence-electron chi connectivity index (χ0n) is 15.0. The summed E-state index contributed by atoms with van der Waals surface area (Å²) in [6.07, 6.45) is 1.54. The molecule has 2 aromatic heterocycles. The van der Waals surface area contributed by atoms with E-state index < -0.39 is 0 Å². The Labute approximate surface area is 164 Å². The Balaban J connectivity index is 1.39. The molecule has 1 amide bonds. The summed E-state index contributed by atoms with van der Waals surface area (Å²) in [5.74, 6) is 0.111. The van der Waals surface area contributed by atoms with Gasteiger partial charge in [-0.25, -0.2) is 14.1 Å². The number of hydrogen-bond donors (Lipinski definition) is 1. The van der Waals surface area contributed by atoms with Gasteiger partial charge in [-0.3, -0.25) is 4.79 Å². The Hall–Kier alpha value is -3.26. The van der Waals surface area contributed by atoms with Crippen molar-refractivity contribution in [1.82, 2.24) is 20.0 Å². The second kappa shape index (κ2) is 7.77. The number of rotatable bonds is 5. The zero-order valence-corrected chi connectivity index (χ0v) is 15.8. The maximum absolute atomic E-state index is 12.9. The molecular formula is C20H16FN5OS. The number of thioether (sulfide) groups is 1. The van der Waals surface area contributed by atoms with Crippen LogP contribution in [0.4, 0.5) is 10.1 Å². The van der Waals surface area contributed by atoms with Gasteiger partial charge in [0.1, 0.15) is 11.3 Å². The summed E-state index contributed by atoms with van der Waals surface area (Å²) in [7, 11) is 1.86. The predicted molar refractivity (Wildman–Crippen MR) is 107 cm³/mol. The monoisotopic (exact) mass is 393 g/mol. The lowest BCUT2D eigenvalue weighted by molar-refractivity contribution is 0.102. The highest BCUT2D eigenvalue weighted by Crippen LogP contribution is 2.23. The standard InChI is InChI=1S/C20H16FN5OS/c1-26-18-10-13(2-8-17(18)24-25-26)12-28-19-9-3-14(11-22-19)20(27)23-16-6-4-15(21)5-7-16/h2-11H,12H2,1H3,(H,23,27). The summed E-state index contributed by atoms with van der Waals surface area (Å²) in [5.41, 5.74) is 3.97. The van der Waals surface area contributed by atoms with Gasteiger partial charge in [0.05, 0.1) is 16.1 Å². The Morgan fingerprint density at radius 1 is 1.14 bits per heavy atom. The molecule has 0 aliphatic carbocycles. The van der Waals surface area contributed by atoms with Crippen LogP contribution in [0.15, 0.2) is 65.8 Å². The third kappa shape index (κ3) is 4.01. The van der Waals surface area contributed by atoms with Crippen molar-refractivity contribution < 1.29 is 9.18 Å². The van der Waals surface area contributed by atoms with Gasteiger partial charge in [0.15, 0.2) is 0 Å². The molecule has 0 aliphatic heterocycles. The lowest BCUT2D eigenvalue weighted by Gasteiger charge is -2.06. The van der Waals surface area contributed by atoms with Crippen molar-refractivity contribution in [3.8, 4) is 0 Å². The van der Waals surface area contributed by atoms with Crippen molar-refractivity contribution in [2.24, 2.45) is 7.05 Å². The van der Waals surface area contributed by atoms with Gasteiger partial charge in [-0.2, -0.15) is 0 Å². The molecule has 4 rings (SSSR count). The van der Waals surface area contributed by atoms with E-state index in [1.54, 1.807) is 22.5 Å². The summed E-state index contributed by atoms with van der Waals surface area (Å²) in [6, 6.07) is 15.2. The molecule has 0 fully saturated rings. The van der Waals surface area contributed by atoms with Crippen LogP contribution in [-0.4, -0.2) is 25.9 Å². The van der Waals surface area contributed by atoms with E-state index in [1.807, 2.05) is 25.2 Å². The fourth-order valence-corrected chi connectivity index (χ4v) is 3.45. The number of benzene rings is 2. The molecule has 1 N–H and O–H groups in total. The number of fused-ring (bicyclic) bond motifs is 1. The minimum atomic E-state index is -0.347. The molecule has 0 bridgehead atoms. The van der Waals surface area contributed by atoms with Crippen LogP contribution in [0, 0.1) is 5.82 Å². The molecule has 0 atom stereocenters. The summed E-state index contributed by atoms with van der Waals surface area (Å²) in [5, 5.41) is 11.6. The SMILES string of the molecule is Cn1nnc2ccc(CSc3ccc(C(=O)Nc4ccc(F)cc4)cn3)cc21. The molecule has 0 unspecified atom stereocenters. The highest BCUT2D eigenvalue weighted by molar-refractivity contribution is 7.98. The molecule has 2 aromatic carbocycles. The van der Waals surface area contributed by atoms with Gasteiger partial charge in [0.2, 0.25) is 0 Å². The highest BCUT2D eigenvalue weighted by Gasteiger charge is 2.08. The van der Waals surface area contributed by atoms with Crippen LogP contribution in [0.1, 0.15) is 15.9 Å². The lowest BCUT2D eigenvalue weighted by Crippen LogP contribution is -2.12. The van der Waals surface area contributed by atoms with Gasteiger partial charge >= 0.3 is 0 Å². The van der Waals surface area contributed by atoms with Crippen LogP contribution in [0.25, 0.3) is 11.0 Å². The Kier molecular flexibility index (Phi) is 5.03. The normalized spacial score (nSPS) is 10.9. The van der Waals surface area contributed by atoms with Gasteiger partial charge < -0.3 is 5.32 Å². The summed E-state index contributed by atoms with van der Waals surface area (Å²) >= 11 is 1.58. The van der Waals surface area contributed by atoms with Crippen LogP contribution in [0.5, 0.6) is 0 Å². The number of nitrogens with one attached hydrogen (secondary N) is 1. The number of anilines is 1. The molecule has 0 radical (unpaired) electrons. The van der Waals surface area contributed by atoms with Gasteiger partial charge in [0, 0.05) is 24.7 Å². The first-order chi connectivity index (χ1) is 13.6. The van der Waals surface area contributed by atoms with E-state index in [0.717, 1.165) is 27.4 Å². The first-order valence-electron chi connectivity index (χ1n) is 8.52. The maximum Gasteiger partial charge on any atom is 0.257 e. The summed E-state index contributed by atoms with van der Waals surface area (Å²) < 4.78 is 14.7. The Morgan fingerprint density at radius 3 is 2.71 bits per heavy atom. The minimum Gasteiger partial charge on any atom is -0.322 e. The van der Waals surface area contributed by atoms with Gasteiger partial charge in [-0.05, 0) is 54.1 Å². The van der Waals surface area contributed by atoms with Crippen molar-refractivity contribution >= 4 is 34.4 Å². The third-order valence-corrected chi connectivity index (χ3v) is 5.18. The number of pyridine rings is 1. The number of amides is 1. The molecule has 4 aromatic rings. The van der Waals surface area contributed by atoms with Crippen LogP contribution in [0.3, 0.4) is 0 Å². The largest absolute Gasteiger partial charge is 0.322 e. The van der Waals surface area contributed by atoms with Crippen LogP contribution >= 0.6 is 11.8 Å². The van der Waals surface area contributed by atoms with E-state index >= 15 is 0 Å². The van der Waals surface area contributed by atoms with E-state index in [1.165, 1.54) is 30.5 Å². The van der Waals surface area contributed by atoms with Crippen molar-refractivity contribution in [1.29, 1.82) is 0 Å². The van der Waals surface area contributed by atoms with Crippen LogP contribution in [-0.2, 0) is 12.8 Å². The fourth-order valence-electron chi connectivity index (χ4n) is 2.66. The average Bonchev–Trinajstić information content (AvgIpc) is 3.09. The number of nitrogens with zero attached hydrogens (tertiary/aromatic N) is 4. The van der Waals surface area contributed by atoms with Gasteiger partial charge in [-0.15, -0.1) is 16.9 Å². The number of aromatic nitrogens is 4. The molecular weight excluding hydrogens is 377 g/mol. The van der Waals surface area contributed by atoms with E-state index in [9.17, 15) is 9.18 Å². The predicted octanol–water partition coefficient (Wildman–Crippen LogP) is 4.05. The van der Waals surface area contributed by atoms with Crippen LogP contribution in [0.2, 0.25) is 0 Å². The highest BCUT2D eigenvalue weighted by atomic mass is 32.2. The fraction of sp³-hybridized carbons (Fsp3) is 0.100. The number of hydrogen-bond acceptors (Lipinski definition) is 5. The average molecular weight is 393 g/mol. The summed E-state index contributed by atoms with van der Waals surface area (Å²) in [4.78, 5) is 16.6. The first kappa shape index (κ1) is 18.1. The van der Waals surface area contributed by atoms with E-state index in [-0.39, 0.29) is 11.7 Å². The van der Waals surface area contributed by atoms with Crippen molar-refractivity contribution in [3.63, 3.8) is 0 Å². The quantitative estimate of drug-likeness (QED) is 0.518. The van der Waals surface area contributed by atoms with E-state index in [4.69, 9.17) is 0 Å². The number of aryl methyl sites for hydroxylation is 1. The molecule has 0 saturated carbocycles. The van der Waals surface area contributed by atoms with Crippen LogP contribution < -0.4 is 5.32 Å². The molecule has 8 heteroatoms. The van der Waals surface area contributed by atoms with Crippen molar-refractivity contribution in [2.75, 3.05) is 5.32 Å². The van der Waals surface area contributed by atoms with Crippen molar-refractivity contribution in [3.05, 3.63) is 77.7 Å². The van der Waals surface area contributed by atoms with Crippen molar-refractivity contribution in [2.45, 2.75) is 10.8 Å². The molecule has 140 valence electrons. The Bertz CT molecular complexity index is 1130. The van der Waals surface area contributed by atoms with Gasteiger partial charge in [0.25, 0.3) is 5.91 Å². The molecule has 28 heavy (non-hydrogen) atoms. The molecule has 6 nitrogen and oxygen atoms in total. The number of halogens is 1. The second-order valence-electron chi connectivity index (χ2n) is 6.17. The third-order valence-electron chi connectivity index (χ3n) is 4.16. The number of carbonyl (C=O) groups is 1. The first-order valence-corrected chi connectivity index (χ1v) is 9.51. The van der Waals surface area contributed by atoms with E-state index in [0.29, 0.717) is 11.3 Å². The summed E-state index contributed by atoms with van der Waals surface area (Å²) in [6.45, 7) is 0. The van der Waals surface area contributed by atoms with Gasteiger partial charge in [-0.1, -0.05) is 11.3 Å². The zero-order chi connectivity index (χ0) is 19.5. The molecule has 0 spiro atoms. The number of carbonyl (C=O) groups excluding carboxylic acids is 1. The van der Waals surface area contributed by atoms with E-state index in [2.05, 4.69) is 26.7 Å². The lowest BCUT2D eigenvalue weighted by atomic mass is 10.2. The molecule has 0 saturated heterocycles. The smallest absolute Gasteiger partial charge is 0.257 e.